The first-order chi connectivity index (χ1) is 16.1. The van der Waals surface area contributed by atoms with Gasteiger partial charge in [-0.3, -0.25) is 14.5 Å². The van der Waals surface area contributed by atoms with Crippen LogP contribution in [0, 0.1) is 11.3 Å². The van der Waals surface area contributed by atoms with Gasteiger partial charge in [-0.1, -0.05) is 50.1 Å². The van der Waals surface area contributed by atoms with E-state index < -0.39 is 0 Å². The average Bonchev–Trinajstić information content (AvgIpc) is 2.86. The molecule has 2 heterocycles. The average molecular weight is 444 g/mol. The van der Waals surface area contributed by atoms with Gasteiger partial charge in [0.2, 0.25) is 0 Å². The van der Waals surface area contributed by atoms with E-state index in [0.29, 0.717) is 41.7 Å². The van der Waals surface area contributed by atoms with Crippen LogP contribution in [0.5, 0.6) is 0 Å². The molecule has 33 heavy (non-hydrogen) atoms. The summed E-state index contributed by atoms with van der Waals surface area (Å²) in [6.07, 6.45) is 2.94. The number of aryl methyl sites for hydroxylation is 1. The van der Waals surface area contributed by atoms with Gasteiger partial charge < -0.3 is 4.90 Å². The fraction of sp³-hybridized carbons (Fsp3) is 0.385. The van der Waals surface area contributed by atoms with Gasteiger partial charge >= 0.3 is 0 Å². The van der Waals surface area contributed by atoms with Crippen LogP contribution in [-0.4, -0.2) is 51.7 Å². The van der Waals surface area contributed by atoms with Gasteiger partial charge in [-0.05, 0) is 30.2 Å². The molecule has 1 aliphatic heterocycles. The SMILES string of the molecule is CCCCCn1nc(C(=O)N2CCN(Cc3ccc(C#N)cc3)CC2)c2ccccc2c1=O. The van der Waals surface area contributed by atoms with Gasteiger partial charge in [0.25, 0.3) is 11.5 Å². The van der Waals surface area contributed by atoms with E-state index in [1.807, 2.05) is 47.4 Å². The molecule has 0 N–H and O–H groups in total. The Morgan fingerprint density at radius 2 is 1.70 bits per heavy atom. The lowest BCUT2D eigenvalue weighted by Gasteiger charge is -2.34. The zero-order valence-corrected chi connectivity index (χ0v) is 19.0. The summed E-state index contributed by atoms with van der Waals surface area (Å²) in [6.45, 7) is 6.18. The highest BCUT2D eigenvalue weighted by molar-refractivity contribution is 6.04. The molecule has 0 bridgehead atoms. The van der Waals surface area contributed by atoms with E-state index in [1.54, 1.807) is 6.07 Å². The first-order valence-electron chi connectivity index (χ1n) is 11.6. The maximum Gasteiger partial charge on any atom is 0.275 e. The van der Waals surface area contributed by atoms with Crippen LogP contribution in [0.4, 0.5) is 0 Å². The minimum atomic E-state index is -0.134. The van der Waals surface area contributed by atoms with Crippen molar-refractivity contribution in [2.75, 3.05) is 26.2 Å². The van der Waals surface area contributed by atoms with Crippen molar-refractivity contribution in [1.82, 2.24) is 19.6 Å². The third-order valence-corrected chi connectivity index (χ3v) is 6.19. The molecular formula is C26H29N5O2. The number of amides is 1. The molecule has 0 atom stereocenters. The van der Waals surface area contributed by atoms with Crippen LogP contribution in [0.2, 0.25) is 0 Å². The smallest absolute Gasteiger partial charge is 0.275 e. The number of hydrogen-bond acceptors (Lipinski definition) is 5. The first-order valence-corrected chi connectivity index (χ1v) is 11.6. The predicted molar refractivity (Wildman–Crippen MR) is 128 cm³/mol. The van der Waals surface area contributed by atoms with Gasteiger partial charge in [-0.15, -0.1) is 0 Å². The number of rotatable bonds is 7. The first kappa shape index (κ1) is 22.7. The van der Waals surface area contributed by atoms with Crippen LogP contribution in [0.1, 0.15) is 47.8 Å². The second-order valence-electron chi connectivity index (χ2n) is 8.51. The molecule has 1 saturated heterocycles. The molecule has 4 rings (SSSR count). The fourth-order valence-electron chi connectivity index (χ4n) is 4.26. The van der Waals surface area contributed by atoms with Gasteiger partial charge in [0, 0.05) is 44.7 Å². The summed E-state index contributed by atoms with van der Waals surface area (Å²) in [6, 6.07) is 17.0. The van der Waals surface area contributed by atoms with Gasteiger partial charge in [0.1, 0.15) is 0 Å². The summed E-state index contributed by atoms with van der Waals surface area (Å²) in [7, 11) is 0. The predicted octanol–water partition coefficient (Wildman–Crippen LogP) is 3.42. The summed E-state index contributed by atoms with van der Waals surface area (Å²) in [5, 5.41) is 14.7. The molecule has 2 aromatic carbocycles. The van der Waals surface area contributed by atoms with Gasteiger partial charge in [0.05, 0.1) is 17.0 Å². The second kappa shape index (κ2) is 10.4. The van der Waals surface area contributed by atoms with Crippen molar-refractivity contribution in [3.05, 3.63) is 75.7 Å². The van der Waals surface area contributed by atoms with Crippen molar-refractivity contribution < 1.29 is 4.79 Å². The van der Waals surface area contributed by atoms with E-state index in [9.17, 15) is 9.59 Å². The Kier molecular flexibility index (Phi) is 7.16. The number of hydrogen-bond donors (Lipinski definition) is 0. The molecule has 0 aliphatic carbocycles. The minimum absolute atomic E-state index is 0.117. The number of piperazine rings is 1. The van der Waals surface area contributed by atoms with Gasteiger partial charge in [-0.2, -0.15) is 10.4 Å². The summed E-state index contributed by atoms with van der Waals surface area (Å²) in [4.78, 5) is 30.5. The Morgan fingerprint density at radius 3 is 2.36 bits per heavy atom. The third-order valence-electron chi connectivity index (χ3n) is 6.19. The number of aromatic nitrogens is 2. The van der Waals surface area contributed by atoms with E-state index in [1.165, 1.54) is 4.68 Å². The molecule has 1 amide bonds. The minimum Gasteiger partial charge on any atom is -0.335 e. The standard InChI is InChI=1S/C26H29N5O2/c1-2-3-6-13-31-25(32)23-8-5-4-7-22(23)24(28-31)26(33)30-16-14-29(15-17-30)19-21-11-9-20(18-27)10-12-21/h4-5,7-12H,2-3,6,13-17,19H2,1H3. The highest BCUT2D eigenvalue weighted by atomic mass is 16.2. The Labute approximate surface area is 193 Å². The van der Waals surface area contributed by atoms with Crippen LogP contribution in [0.15, 0.2) is 53.3 Å². The highest BCUT2D eigenvalue weighted by Crippen LogP contribution is 2.17. The number of unbranched alkanes of at least 4 members (excludes halogenated alkanes) is 2. The molecule has 1 aliphatic rings. The summed E-state index contributed by atoms with van der Waals surface area (Å²) < 4.78 is 1.46. The highest BCUT2D eigenvalue weighted by Gasteiger charge is 2.25. The van der Waals surface area contributed by atoms with E-state index in [4.69, 9.17) is 5.26 Å². The zero-order valence-electron chi connectivity index (χ0n) is 19.0. The number of nitriles is 1. The van der Waals surface area contributed by atoms with E-state index in [-0.39, 0.29) is 11.5 Å². The van der Waals surface area contributed by atoms with Crippen molar-refractivity contribution >= 4 is 16.7 Å². The molecule has 0 saturated carbocycles. The molecule has 3 aromatic rings. The number of carbonyl (C=O) groups excluding carboxylic acids is 1. The molecule has 0 spiro atoms. The van der Waals surface area contributed by atoms with Crippen LogP contribution in [-0.2, 0) is 13.1 Å². The molecular weight excluding hydrogens is 414 g/mol. The molecule has 0 radical (unpaired) electrons. The number of benzene rings is 2. The van der Waals surface area contributed by atoms with E-state index in [0.717, 1.165) is 44.5 Å². The van der Waals surface area contributed by atoms with Crippen molar-refractivity contribution in [2.24, 2.45) is 0 Å². The van der Waals surface area contributed by atoms with Crippen LogP contribution in [0.25, 0.3) is 10.8 Å². The third kappa shape index (κ3) is 5.12. The Morgan fingerprint density at radius 1 is 1.00 bits per heavy atom. The van der Waals surface area contributed by atoms with Gasteiger partial charge in [0.15, 0.2) is 5.69 Å². The lowest BCUT2D eigenvalue weighted by atomic mass is 10.1. The van der Waals surface area contributed by atoms with Crippen molar-refractivity contribution in [2.45, 2.75) is 39.3 Å². The molecule has 1 aromatic heterocycles. The van der Waals surface area contributed by atoms with Crippen molar-refractivity contribution in [1.29, 1.82) is 5.26 Å². The molecule has 1 fully saturated rings. The molecule has 170 valence electrons. The summed E-state index contributed by atoms with van der Waals surface area (Å²) in [5.41, 5.74) is 2.04. The zero-order chi connectivity index (χ0) is 23.2. The monoisotopic (exact) mass is 443 g/mol. The normalized spacial score (nSPS) is 14.4. The maximum atomic E-state index is 13.4. The summed E-state index contributed by atoms with van der Waals surface area (Å²) >= 11 is 0. The van der Waals surface area contributed by atoms with Gasteiger partial charge in [-0.25, -0.2) is 4.68 Å². The number of nitrogens with zero attached hydrogens (tertiary/aromatic N) is 5. The fourth-order valence-corrected chi connectivity index (χ4v) is 4.26. The lowest BCUT2D eigenvalue weighted by molar-refractivity contribution is 0.0622. The number of carbonyl (C=O) groups is 1. The lowest BCUT2D eigenvalue weighted by Crippen LogP contribution is -2.48. The topological polar surface area (TPSA) is 82.2 Å². The van der Waals surface area contributed by atoms with Crippen LogP contribution in [0.3, 0.4) is 0 Å². The Hall–Kier alpha value is -3.50. The quantitative estimate of drug-likeness (QED) is 0.523. The van der Waals surface area contributed by atoms with Crippen molar-refractivity contribution in [3.63, 3.8) is 0 Å². The molecule has 0 unspecified atom stereocenters. The van der Waals surface area contributed by atoms with E-state index >= 15 is 0 Å². The molecule has 7 nitrogen and oxygen atoms in total. The largest absolute Gasteiger partial charge is 0.335 e. The molecule has 7 heteroatoms. The van der Waals surface area contributed by atoms with Crippen LogP contribution >= 0.6 is 0 Å². The maximum absolute atomic E-state index is 13.4. The Balaban J connectivity index is 1.48. The summed E-state index contributed by atoms with van der Waals surface area (Å²) in [5.74, 6) is -0.117. The second-order valence-corrected chi connectivity index (χ2v) is 8.51. The Bertz CT molecular complexity index is 1220. The van der Waals surface area contributed by atoms with Crippen LogP contribution < -0.4 is 5.56 Å². The van der Waals surface area contributed by atoms with E-state index in [2.05, 4.69) is 23.0 Å². The van der Waals surface area contributed by atoms with Crippen molar-refractivity contribution in [3.8, 4) is 6.07 Å². The number of fused-ring (bicyclic) bond motifs is 1.